The summed E-state index contributed by atoms with van der Waals surface area (Å²) < 4.78 is 16.5. The van der Waals surface area contributed by atoms with Crippen molar-refractivity contribution in [3.8, 4) is 5.82 Å². The first-order valence-electron chi connectivity index (χ1n) is 13.3. The molecule has 1 atom stereocenters. The average molecular weight is 528 g/mol. The number of nitrogens with two attached hydrogens (primary N) is 1. The van der Waals surface area contributed by atoms with Gasteiger partial charge in [-0.2, -0.15) is 4.98 Å². The molecular formula is C29H30FN7O2. The summed E-state index contributed by atoms with van der Waals surface area (Å²) in [5.41, 5.74) is 8.09. The third-order valence-corrected chi connectivity index (χ3v) is 7.69. The van der Waals surface area contributed by atoms with Gasteiger partial charge in [0, 0.05) is 48.5 Å². The number of aromatic nitrogens is 3. The summed E-state index contributed by atoms with van der Waals surface area (Å²) in [6.07, 6.45) is 6.80. The van der Waals surface area contributed by atoms with Gasteiger partial charge in [0.1, 0.15) is 6.04 Å². The third kappa shape index (κ3) is 4.83. The minimum Gasteiger partial charge on any atom is -0.366 e. The van der Waals surface area contributed by atoms with Gasteiger partial charge in [0.05, 0.1) is 17.3 Å². The van der Waals surface area contributed by atoms with Crippen molar-refractivity contribution in [1.82, 2.24) is 19.9 Å². The number of anilines is 3. The Hall–Kier alpha value is -4.31. The Morgan fingerprint density at radius 3 is 2.74 bits per heavy atom. The first kappa shape index (κ1) is 25.0. The molecule has 200 valence electrons. The van der Waals surface area contributed by atoms with Crippen LogP contribution in [0, 0.1) is 11.7 Å². The number of nitrogens with one attached hydrogen (secondary N) is 2. The molecule has 3 heterocycles. The maximum atomic E-state index is 15.0. The molecule has 4 N–H and O–H groups in total. The van der Waals surface area contributed by atoms with Crippen molar-refractivity contribution in [3.63, 3.8) is 0 Å². The zero-order chi connectivity index (χ0) is 26.9. The first-order valence-corrected chi connectivity index (χ1v) is 13.3. The number of carbonyl (C=O) groups excluding carboxylic acids is 2. The summed E-state index contributed by atoms with van der Waals surface area (Å²) in [6.45, 7) is 2.16. The van der Waals surface area contributed by atoms with Gasteiger partial charge in [0.25, 0.3) is 5.91 Å². The van der Waals surface area contributed by atoms with E-state index in [2.05, 4.69) is 25.5 Å². The number of hydrogen-bond acceptors (Lipinski definition) is 7. The summed E-state index contributed by atoms with van der Waals surface area (Å²) in [4.78, 5) is 36.1. The van der Waals surface area contributed by atoms with Crippen molar-refractivity contribution in [1.29, 1.82) is 0 Å². The number of rotatable bonds is 7. The number of benzene rings is 2. The zero-order valence-electron chi connectivity index (χ0n) is 21.4. The largest absolute Gasteiger partial charge is 0.366 e. The van der Waals surface area contributed by atoms with E-state index in [4.69, 9.17) is 5.73 Å². The number of nitrogens with zero attached hydrogens (tertiary/aromatic N) is 4. The van der Waals surface area contributed by atoms with Gasteiger partial charge in [0.15, 0.2) is 17.4 Å². The van der Waals surface area contributed by atoms with E-state index in [1.165, 1.54) is 10.8 Å². The van der Waals surface area contributed by atoms with E-state index < -0.39 is 11.7 Å². The molecule has 2 fully saturated rings. The highest BCUT2D eigenvalue weighted by Crippen LogP contribution is 2.31. The molecule has 0 radical (unpaired) electrons. The van der Waals surface area contributed by atoms with Crippen molar-refractivity contribution in [3.05, 3.63) is 72.3 Å². The number of hydrogen-bond donors (Lipinski definition) is 3. The predicted molar refractivity (Wildman–Crippen MR) is 148 cm³/mol. The van der Waals surface area contributed by atoms with Crippen LogP contribution < -0.4 is 21.3 Å². The van der Waals surface area contributed by atoms with Gasteiger partial charge in [-0.1, -0.05) is 37.1 Å². The minimum atomic E-state index is -0.639. The molecule has 1 aliphatic heterocycles. The molecule has 1 saturated carbocycles. The number of primary amides is 1. The molecule has 1 amide bonds. The van der Waals surface area contributed by atoms with Crippen molar-refractivity contribution < 1.29 is 14.0 Å². The Morgan fingerprint density at radius 1 is 1.10 bits per heavy atom. The van der Waals surface area contributed by atoms with Crippen LogP contribution in [0.1, 0.15) is 36.0 Å². The second-order valence-corrected chi connectivity index (χ2v) is 10.1. The summed E-state index contributed by atoms with van der Waals surface area (Å²) in [6, 6.07) is 14.7. The fourth-order valence-corrected chi connectivity index (χ4v) is 5.78. The molecule has 4 aromatic rings. The average Bonchev–Trinajstić information content (AvgIpc) is 3.63. The van der Waals surface area contributed by atoms with E-state index in [0.29, 0.717) is 28.9 Å². The molecule has 6 rings (SSSR count). The molecular weight excluding hydrogens is 497 g/mol. The molecule has 1 saturated heterocycles. The number of amides is 1. The summed E-state index contributed by atoms with van der Waals surface area (Å²) in [5.74, 6) is -0.589. The number of fused-ring (bicyclic) bond motifs is 1. The lowest BCUT2D eigenvalue weighted by Gasteiger charge is -2.38. The fraction of sp³-hybridized carbons (Fsp3) is 0.310. The second-order valence-electron chi connectivity index (χ2n) is 10.1. The van der Waals surface area contributed by atoms with Gasteiger partial charge in [0.2, 0.25) is 5.95 Å². The zero-order valence-corrected chi connectivity index (χ0v) is 21.4. The smallest absolute Gasteiger partial charge is 0.250 e. The normalized spacial score (nSPS) is 18.0. The lowest BCUT2D eigenvalue weighted by Crippen LogP contribution is -2.56. The summed E-state index contributed by atoms with van der Waals surface area (Å²) in [5, 5.41) is 7.17. The second kappa shape index (κ2) is 10.5. The summed E-state index contributed by atoms with van der Waals surface area (Å²) in [7, 11) is 0. The number of piperazine rings is 1. The number of ketones is 1. The third-order valence-electron chi connectivity index (χ3n) is 7.69. The molecule has 39 heavy (non-hydrogen) atoms. The maximum absolute atomic E-state index is 15.0. The van der Waals surface area contributed by atoms with Gasteiger partial charge < -0.3 is 21.3 Å². The number of para-hydroxylation sites is 1. The van der Waals surface area contributed by atoms with Crippen LogP contribution in [0.4, 0.5) is 21.7 Å². The van der Waals surface area contributed by atoms with Crippen LogP contribution in [-0.4, -0.2) is 51.9 Å². The van der Waals surface area contributed by atoms with Crippen LogP contribution in [0.2, 0.25) is 0 Å². The Kier molecular flexibility index (Phi) is 6.70. The van der Waals surface area contributed by atoms with Gasteiger partial charge in [-0.15, -0.1) is 0 Å². The van der Waals surface area contributed by atoms with E-state index in [9.17, 15) is 14.0 Å². The van der Waals surface area contributed by atoms with Crippen molar-refractivity contribution >= 4 is 39.9 Å². The molecule has 2 aromatic carbocycles. The van der Waals surface area contributed by atoms with Crippen LogP contribution in [-0.2, 0) is 4.79 Å². The van der Waals surface area contributed by atoms with Gasteiger partial charge in [-0.25, -0.2) is 9.37 Å². The fourth-order valence-electron chi connectivity index (χ4n) is 5.78. The van der Waals surface area contributed by atoms with Crippen molar-refractivity contribution in [2.24, 2.45) is 11.7 Å². The Morgan fingerprint density at radius 2 is 1.92 bits per heavy atom. The van der Waals surface area contributed by atoms with Crippen LogP contribution in [0.25, 0.3) is 16.7 Å². The van der Waals surface area contributed by atoms with Gasteiger partial charge in [-0.3, -0.25) is 14.2 Å². The Balaban J connectivity index is 1.29. The highest BCUT2D eigenvalue weighted by atomic mass is 19.1. The van der Waals surface area contributed by atoms with E-state index in [1.807, 2.05) is 24.3 Å². The molecule has 2 aromatic heterocycles. The van der Waals surface area contributed by atoms with Crippen molar-refractivity contribution in [2.75, 3.05) is 29.9 Å². The van der Waals surface area contributed by atoms with Gasteiger partial charge >= 0.3 is 0 Å². The SMILES string of the molecule is NC(=O)c1cn(-c2nc(Nc3cccc(N4CCNCC4C(=O)C4CCCC4)c3)ncc2F)c2ccccc12. The van der Waals surface area contributed by atoms with Gasteiger partial charge in [-0.05, 0) is 37.1 Å². The first-order chi connectivity index (χ1) is 19.0. The maximum Gasteiger partial charge on any atom is 0.250 e. The highest BCUT2D eigenvalue weighted by molar-refractivity contribution is 6.06. The van der Waals surface area contributed by atoms with E-state index in [1.54, 1.807) is 24.3 Å². The van der Waals surface area contributed by atoms with E-state index in [0.717, 1.165) is 50.7 Å². The van der Waals surface area contributed by atoms with E-state index in [-0.39, 0.29) is 29.3 Å². The molecule has 0 bridgehead atoms. The molecule has 9 nitrogen and oxygen atoms in total. The van der Waals surface area contributed by atoms with Crippen molar-refractivity contribution in [2.45, 2.75) is 31.7 Å². The molecule has 1 aliphatic carbocycles. The summed E-state index contributed by atoms with van der Waals surface area (Å²) >= 11 is 0. The van der Waals surface area contributed by atoms with E-state index >= 15 is 0 Å². The molecule has 1 unspecified atom stereocenters. The Bertz CT molecular complexity index is 1550. The quantitative estimate of drug-likeness (QED) is 0.333. The number of halogens is 1. The van der Waals surface area contributed by atoms with Crippen LogP contribution >= 0.6 is 0 Å². The monoisotopic (exact) mass is 527 g/mol. The topological polar surface area (TPSA) is 118 Å². The highest BCUT2D eigenvalue weighted by Gasteiger charge is 2.34. The lowest BCUT2D eigenvalue weighted by molar-refractivity contribution is -0.124. The van der Waals surface area contributed by atoms with Crippen LogP contribution in [0.15, 0.2) is 60.9 Å². The number of carbonyl (C=O) groups is 2. The predicted octanol–water partition coefficient (Wildman–Crippen LogP) is 3.94. The number of Topliss-reactive ketones (excluding diaryl/α,β-unsaturated/α-hetero) is 1. The standard InChI is InChI=1S/C29H30FN7O2/c30-23-15-33-29(35-28(23)37-17-22(27(31)39)21-10-3-4-11-24(21)37)34-19-8-5-9-20(14-19)36-13-12-32-16-25(36)26(38)18-6-1-2-7-18/h3-5,8-11,14-15,17-18,25,32H,1-2,6-7,12-13,16H2,(H2,31,39)(H,33,34,35). The molecule has 0 spiro atoms. The Labute approximate surface area is 225 Å². The van der Waals surface area contributed by atoms with Crippen LogP contribution in [0.3, 0.4) is 0 Å². The molecule has 10 heteroatoms. The lowest BCUT2D eigenvalue weighted by atomic mass is 9.94. The minimum absolute atomic E-state index is 0.00307. The molecule has 2 aliphatic rings. The van der Waals surface area contributed by atoms with Crippen LogP contribution in [0.5, 0.6) is 0 Å².